The van der Waals surface area contributed by atoms with E-state index in [1.54, 1.807) is 0 Å². The Bertz CT molecular complexity index is 1220. The van der Waals surface area contributed by atoms with Crippen molar-refractivity contribution in [1.82, 2.24) is 15.1 Å². The van der Waals surface area contributed by atoms with Gasteiger partial charge in [0.1, 0.15) is 5.75 Å². The van der Waals surface area contributed by atoms with Crippen LogP contribution < -0.4 is 4.74 Å². The van der Waals surface area contributed by atoms with Gasteiger partial charge in [0, 0.05) is 25.4 Å². The van der Waals surface area contributed by atoms with Crippen molar-refractivity contribution in [3.05, 3.63) is 95.4 Å². The number of nitrogens with zero attached hydrogens (tertiary/aromatic N) is 3. The Kier molecular flexibility index (Phi) is 7.78. The molecule has 1 fully saturated rings. The van der Waals surface area contributed by atoms with Crippen LogP contribution in [0.15, 0.2) is 82.4 Å². The molecular formula is C28H29N3O3S. The molecule has 0 atom stereocenters. The van der Waals surface area contributed by atoms with Gasteiger partial charge in [-0.2, -0.15) is 0 Å². The van der Waals surface area contributed by atoms with Crippen LogP contribution in [0.4, 0.5) is 0 Å². The summed E-state index contributed by atoms with van der Waals surface area (Å²) in [6, 6.07) is 25.1. The Morgan fingerprint density at radius 3 is 2.46 bits per heavy atom. The van der Waals surface area contributed by atoms with Crippen LogP contribution in [0.2, 0.25) is 0 Å². The summed E-state index contributed by atoms with van der Waals surface area (Å²) in [5.41, 5.74) is 5.96. The van der Waals surface area contributed by atoms with Crippen LogP contribution in [0.5, 0.6) is 5.75 Å². The van der Waals surface area contributed by atoms with Crippen LogP contribution in [0.25, 0.3) is 11.1 Å². The predicted molar refractivity (Wildman–Crippen MR) is 137 cm³/mol. The summed E-state index contributed by atoms with van der Waals surface area (Å²) >= 11 is 1.54. The fraction of sp³-hybridized carbons (Fsp3) is 0.286. The summed E-state index contributed by atoms with van der Waals surface area (Å²) in [6.07, 6.45) is 0. The molecule has 4 aromatic rings. The summed E-state index contributed by atoms with van der Waals surface area (Å²) in [5, 5.41) is 8.88. The molecule has 0 radical (unpaired) electrons. The third kappa shape index (κ3) is 6.31. The maximum Gasteiger partial charge on any atom is 0.277 e. The van der Waals surface area contributed by atoms with E-state index in [4.69, 9.17) is 13.9 Å². The van der Waals surface area contributed by atoms with Gasteiger partial charge in [-0.1, -0.05) is 78.5 Å². The molecule has 5 rings (SSSR count). The molecule has 0 saturated carbocycles. The minimum Gasteiger partial charge on any atom is -0.484 e. The van der Waals surface area contributed by atoms with Crippen molar-refractivity contribution < 1.29 is 13.9 Å². The first-order valence-electron chi connectivity index (χ1n) is 11.9. The van der Waals surface area contributed by atoms with Crippen molar-refractivity contribution in [3.8, 4) is 16.9 Å². The number of thioether (sulfide) groups is 1. The van der Waals surface area contributed by atoms with E-state index in [1.807, 2.05) is 30.3 Å². The van der Waals surface area contributed by atoms with Gasteiger partial charge in [0.2, 0.25) is 0 Å². The fourth-order valence-electron chi connectivity index (χ4n) is 4.10. The molecule has 0 bridgehead atoms. The lowest BCUT2D eigenvalue weighted by atomic mass is 10.00. The smallest absolute Gasteiger partial charge is 0.277 e. The zero-order chi connectivity index (χ0) is 23.9. The van der Waals surface area contributed by atoms with E-state index in [0.29, 0.717) is 11.1 Å². The van der Waals surface area contributed by atoms with Gasteiger partial charge >= 0.3 is 0 Å². The van der Waals surface area contributed by atoms with Gasteiger partial charge in [-0.15, -0.1) is 10.2 Å². The first-order chi connectivity index (χ1) is 17.2. The highest BCUT2D eigenvalue weighted by atomic mass is 32.2. The van der Waals surface area contributed by atoms with Crippen molar-refractivity contribution in [1.29, 1.82) is 0 Å². The molecule has 1 aliphatic heterocycles. The summed E-state index contributed by atoms with van der Waals surface area (Å²) < 4.78 is 17.2. The Morgan fingerprint density at radius 2 is 1.66 bits per heavy atom. The minimum atomic E-state index is 0.239. The maximum atomic E-state index is 6.02. The monoisotopic (exact) mass is 487 g/mol. The van der Waals surface area contributed by atoms with Crippen LogP contribution in [-0.4, -0.2) is 41.4 Å². The maximum absolute atomic E-state index is 6.02. The minimum absolute atomic E-state index is 0.239. The quantitative estimate of drug-likeness (QED) is 0.279. The highest BCUT2D eigenvalue weighted by Crippen LogP contribution is 2.30. The Balaban J connectivity index is 1.13. The van der Waals surface area contributed by atoms with E-state index in [2.05, 4.69) is 64.5 Å². The number of ether oxygens (including phenoxy) is 2. The highest BCUT2D eigenvalue weighted by molar-refractivity contribution is 7.98. The summed E-state index contributed by atoms with van der Waals surface area (Å²) in [4.78, 5) is 2.43. The molecule has 35 heavy (non-hydrogen) atoms. The molecule has 0 amide bonds. The second kappa shape index (κ2) is 11.5. The van der Waals surface area contributed by atoms with Crippen molar-refractivity contribution in [2.75, 3.05) is 26.3 Å². The van der Waals surface area contributed by atoms with Crippen molar-refractivity contribution >= 4 is 11.8 Å². The highest BCUT2D eigenvalue weighted by Gasteiger charge is 2.12. The Hall–Kier alpha value is -3.13. The second-order valence-electron chi connectivity index (χ2n) is 8.54. The number of aromatic nitrogens is 2. The van der Waals surface area contributed by atoms with E-state index in [1.165, 1.54) is 28.5 Å². The number of benzene rings is 3. The van der Waals surface area contributed by atoms with Crippen LogP contribution >= 0.6 is 11.8 Å². The Morgan fingerprint density at radius 1 is 0.886 bits per heavy atom. The second-order valence-corrected chi connectivity index (χ2v) is 9.47. The molecule has 3 aromatic carbocycles. The molecule has 7 heteroatoms. The van der Waals surface area contributed by atoms with Crippen LogP contribution in [0.3, 0.4) is 0 Å². The van der Waals surface area contributed by atoms with Crippen LogP contribution in [0, 0.1) is 6.92 Å². The first-order valence-corrected chi connectivity index (χ1v) is 12.8. The molecule has 0 aliphatic carbocycles. The summed E-state index contributed by atoms with van der Waals surface area (Å²) in [7, 11) is 0. The fourth-order valence-corrected chi connectivity index (χ4v) is 4.84. The summed E-state index contributed by atoms with van der Waals surface area (Å²) in [5.74, 6) is 2.06. The molecule has 1 saturated heterocycles. The van der Waals surface area contributed by atoms with Crippen LogP contribution in [-0.2, 0) is 23.6 Å². The molecule has 1 aliphatic rings. The number of hydrogen-bond acceptors (Lipinski definition) is 7. The third-order valence-electron chi connectivity index (χ3n) is 6.06. The third-order valence-corrected chi connectivity index (χ3v) is 6.95. The average molecular weight is 488 g/mol. The average Bonchev–Trinajstić information content (AvgIpc) is 3.37. The normalized spacial score (nSPS) is 14.2. The van der Waals surface area contributed by atoms with Crippen molar-refractivity contribution in [2.45, 2.75) is 31.1 Å². The number of rotatable bonds is 9. The van der Waals surface area contributed by atoms with Gasteiger partial charge in [0.15, 0.2) is 6.61 Å². The zero-order valence-electron chi connectivity index (χ0n) is 19.9. The largest absolute Gasteiger partial charge is 0.484 e. The molecule has 6 nitrogen and oxygen atoms in total. The van der Waals surface area contributed by atoms with Gasteiger partial charge in [-0.3, -0.25) is 4.90 Å². The van der Waals surface area contributed by atoms with E-state index in [0.717, 1.165) is 55.5 Å². The molecule has 0 unspecified atom stereocenters. The van der Waals surface area contributed by atoms with Gasteiger partial charge in [0.05, 0.1) is 13.2 Å². The number of hydrogen-bond donors (Lipinski definition) is 0. The van der Waals surface area contributed by atoms with E-state index < -0.39 is 0 Å². The Labute approximate surface area is 210 Å². The van der Waals surface area contributed by atoms with Gasteiger partial charge in [-0.05, 0) is 40.8 Å². The molecule has 1 aromatic heterocycles. The standard InChI is InChI=1S/C28H29N3O3S/c1-21-25(24-6-3-2-4-7-24)8-5-9-26(21)33-19-27-29-30-28(34-27)35-20-23-12-10-22(11-13-23)18-31-14-16-32-17-15-31/h2-13H,14-20H2,1H3. The zero-order valence-corrected chi connectivity index (χ0v) is 20.7. The lowest BCUT2D eigenvalue weighted by Gasteiger charge is -2.26. The van der Waals surface area contributed by atoms with E-state index in [9.17, 15) is 0 Å². The lowest BCUT2D eigenvalue weighted by Crippen LogP contribution is -2.35. The van der Waals surface area contributed by atoms with E-state index in [-0.39, 0.29) is 6.61 Å². The molecule has 0 spiro atoms. The molecule has 0 N–H and O–H groups in total. The van der Waals surface area contributed by atoms with Crippen molar-refractivity contribution in [3.63, 3.8) is 0 Å². The number of morpholine rings is 1. The molecule has 180 valence electrons. The van der Waals surface area contributed by atoms with Gasteiger partial charge < -0.3 is 13.9 Å². The predicted octanol–water partition coefficient (Wildman–Crippen LogP) is 5.75. The van der Waals surface area contributed by atoms with Crippen molar-refractivity contribution in [2.24, 2.45) is 0 Å². The molecule has 2 heterocycles. The van der Waals surface area contributed by atoms with Gasteiger partial charge in [-0.25, -0.2) is 0 Å². The van der Waals surface area contributed by atoms with Gasteiger partial charge in [0.25, 0.3) is 11.1 Å². The molecular weight excluding hydrogens is 458 g/mol. The van der Waals surface area contributed by atoms with Crippen LogP contribution in [0.1, 0.15) is 22.6 Å². The first kappa shape index (κ1) is 23.6. The lowest BCUT2D eigenvalue weighted by molar-refractivity contribution is 0.0342. The summed E-state index contributed by atoms with van der Waals surface area (Å²) in [6.45, 7) is 6.92. The van der Waals surface area contributed by atoms with E-state index >= 15 is 0 Å². The topological polar surface area (TPSA) is 60.6 Å². The SMILES string of the molecule is Cc1c(OCc2nnc(SCc3ccc(CN4CCOCC4)cc3)o2)cccc1-c1ccccc1.